The standard InChI is InChI=1S/C16H20N2O3S/c1-20-13-9-12-14(8-11(13)15(19)21-2)22-16(18-12)17-10-6-4-3-5-7-10/h8-10H,3-7H2,1-2H3,(H,17,18). The first-order valence-corrected chi connectivity index (χ1v) is 8.36. The fourth-order valence-corrected chi connectivity index (χ4v) is 3.84. The first-order valence-electron chi connectivity index (χ1n) is 7.54. The van der Waals surface area contributed by atoms with Gasteiger partial charge in [0.15, 0.2) is 5.13 Å². The molecule has 1 aliphatic carbocycles. The van der Waals surface area contributed by atoms with E-state index in [0.717, 1.165) is 15.3 Å². The number of anilines is 1. The lowest BCUT2D eigenvalue weighted by Gasteiger charge is -2.22. The molecule has 5 nitrogen and oxygen atoms in total. The number of thiazole rings is 1. The average Bonchev–Trinajstić information content (AvgIpc) is 2.94. The molecule has 2 aromatic rings. The minimum Gasteiger partial charge on any atom is -0.496 e. The van der Waals surface area contributed by atoms with Gasteiger partial charge in [-0.15, -0.1) is 0 Å². The van der Waals surface area contributed by atoms with Crippen LogP contribution in [0.5, 0.6) is 5.75 Å². The Morgan fingerprint density at radius 3 is 2.73 bits per heavy atom. The van der Waals surface area contributed by atoms with Crippen molar-refractivity contribution in [2.75, 3.05) is 19.5 Å². The van der Waals surface area contributed by atoms with Crippen molar-refractivity contribution < 1.29 is 14.3 Å². The van der Waals surface area contributed by atoms with Crippen LogP contribution in [-0.4, -0.2) is 31.2 Å². The predicted molar refractivity (Wildman–Crippen MR) is 88.0 cm³/mol. The molecule has 1 aromatic carbocycles. The van der Waals surface area contributed by atoms with Crippen molar-refractivity contribution in [3.8, 4) is 5.75 Å². The molecule has 0 saturated heterocycles. The monoisotopic (exact) mass is 320 g/mol. The molecule has 1 fully saturated rings. The fourth-order valence-electron chi connectivity index (χ4n) is 2.88. The number of esters is 1. The Kier molecular flexibility index (Phi) is 4.47. The number of nitrogens with zero attached hydrogens (tertiary/aromatic N) is 1. The zero-order chi connectivity index (χ0) is 15.5. The molecule has 0 atom stereocenters. The van der Waals surface area contributed by atoms with Gasteiger partial charge in [-0.1, -0.05) is 30.6 Å². The molecule has 1 saturated carbocycles. The van der Waals surface area contributed by atoms with Crippen LogP contribution in [0.3, 0.4) is 0 Å². The highest BCUT2D eigenvalue weighted by Crippen LogP contribution is 2.33. The Hall–Kier alpha value is -1.82. The van der Waals surface area contributed by atoms with Crippen molar-refractivity contribution in [3.63, 3.8) is 0 Å². The highest BCUT2D eigenvalue weighted by atomic mass is 32.1. The molecule has 3 rings (SSSR count). The SMILES string of the molecule is COC(=O)c1cc2sc(NC3CCCCC3)nc2cc1OC. The van der Waals surface area contributed by atoms with E-state index in [2.05, 4.69) is 10.3 Å². The molecule has 0 unspecified atom stereocenters. The van der Waals surface area contributed by atoms with Crippen LogP contribution in [0.1, 0.15) is 42.5 Å². The lowest BCUT2D eigenvalue weighted by molar-refractivity contribution is 0.0597. The Morgan fingerprint density at radius 2 is 2.05 bits per heavy atom. The summed E-state index contributed by atoms with van der Waals surface area (Å²) in [7, 11) is 2.91. The van der Waals surface area contributed by atoms with Crippen LogP contribution in [0.2, 0.25) is 0 Å². The number of fused-ring (bicyclic) bond motifs is 1. The summed E-state index contributed by atoms with van der Waals surface area (Å²) in [5.41, 5.74) is 1.28. The van der Waals surface area contributed by atoms with Crippen molar-refractivity contribution in [1.29, 1.82) is 0 Å². The fraction of sp³-hybridized carbons (Fsp3) is 0.500. The molecule has 1 aliphatic rings. The van der Waals surface area contributed by atoms with Crippen molar-refractivity contribution in [1.82, 2.24) is 4.98 Å². The van der Waals surface area contributed by atoms with Gasteiger partial charge in [-0.25, -0.2) is 9.78 Å². The Morgan fingerprint density at radius 1 is 1.27 bits per heavy atom. The highest BCUT2D eigenvalue weighted by molar-refractivity contribution is 7.22. The quantitative estimate of drug-likeness (QED) is 0.867. The number of ether oxygens (including phenoxy) is 2. The number of nitrogens with one attached hydrogen (secondary N) is 1. The van der Waals surface area contributed by atoms with Gasteiger partial charge in [0.1, 0.15) is 11.3 Å². The van der Waals surface area contributed by atoms with Gasteiger partial charge in [0, 0.05) is 12.1 Å². The summed E-state index contributed by atoms with van der Waals surface area (Å²) in [5.74, 6) is 0.0998. The third-order valence-corrected chi connectivity index (χ3v) is 5.00. The lowest BCUT2D eigenvalue weighted by atomic mass is 9.96. The first kappa shape index (κ1) is 15.1. The van der Waals surface area contributed by atoms with Crippen molar-refractivity contribution >= 4 is 32.7 Å². The van der Waals surface area contributed by atoms with Crippen molar-refractivity contribution in [2.45, 2.75) is 38.1 Å². The molecule has 0 amide bonds. The number of hydrogen-bond donors (Lipinski definition) is 1. The van der Waals surface area contributed by atoms with E-state index in [1.807, 2.05) is 0 Å². The summed E-state index contributed by atoms with van der Waals surface area (Å²) in [6.45, 7) is 0. The second-order valence-corrected chi connectivity index (χ2v) is 6.54. The Bertz CT molecular complexity index is 677. The minimum atomic E-state index is -0.395. The number of methoxy groups -OCH3 is 2. The largest absolute Gasteiger partial charge is 0.496 e. The Labute approximate surface area is 133 Å². The van der Waals surface area contributed by atoms with Crippen LogP contribution in [0.4, 0.5) is 5.13 Å². The van der Waals surface area contributed by atoms with E-state index in [-0.39, 0.29) is 0 Å². The van der Waals surface area contributed by atoms with Gasteiger partial charge in [-0.2, -0.15) is 0 Å². The van der Waals surface area contributed by atoms with Crippen LogP contribution in [0.15, 0.2) is 12.1 Å². The van der Waals surface area contributed by atoms with E-state index in [0.29, 0.717) is 17.4 Å². The second-order valence-electron chi connectivity index (χ2n) is 5.51. The third-order valence-electron chi connectivity index (χ3n) is 4.05. The number of carbonyl (C=O) groups is 1. The number of aromatic nitrogens is 1. The molecule has 1 heterocycles. The number of hydrogen-bond acceptors (Lipinski definition) is 6. The van der Waals surface area contributed by atoms with Crippen LogP contribution in [0.25, 0.3) is 10.2 Å². The van der Waals surface area contributed by atoms with E-state index in [1.165, 1.54) is 39.2 Å². The molecular weight excluding hydrogens is 300 g/mol. The molecule has 1 aromatic heterocycles. The second kappa shape index (κ2) is 6.52. The van der Waals surface area contributed by atoms with Gasteiger partial charge in [-0.3, -0.25) is 0 Å². The van der Waals surface area contributed by atoms with E-state index in [1.54, 1.807) is 30.6 Å². The molecule has 0 bridgehead atoms. The Balaban J connectivity index is 1.89. The molecule has 0 aliphatic heterocycles. The van der Waals surface area contributed by atoms with Gasteiger partial charge >= 0.3 is 5.97 Å². The van der Waals surface area contributed by atoms with Gasteiger partial charge in [-0.05, 0) is 18.9 Å². The van der Waals surface area contributed by atoms with Crippen LogP contribution >= 0.6 is 11.3 Å². The summed E-state index contributed by atoms with van der Waals surface area (Å²) < 4.78 is 11.0. The van der Waals surface area contributed by atoms with Crippen LogP contribution < -0.4 is 10.1 Å². The van der Waals surface area contributed by atoms with Gasteiger partial charge < -0.3 is 14.8 Å². The van der Waals surface area contributed by atoms with Crippen LogP contribution in [0, 0.1) is 0 Å². The summed E-state index contributed by atoms with van der Waals surface area (Å²) in [6.07, 6.45) is 6.29. The molecule has 0 radical (unpaired) electrons. The maximum Gasteiger partial charge on any atom is 0.341 e. The van der Waals surface area contributed by atoms with E-state index < -0.39 is 5.97 Å². The summed E-state index contributed by atoms with van der Waals surface area (Å²) in [5, 5.41) is 4.43. The van der Waals surface area contributed by atoms with Crippen molar-refractivity contribution in [3.05, 3.63) is 17.7 Å². The molecule has 1 N–H and O–H groups in total. The maximum atomic E-state index is 11.8. The highest BCUT2D eigenvalue weighted by Gasteiger charge is 2.18. The van der Waals surface area contributed by atoms with E-state index in [4.69, 9.17) is 9.47 Å². The number of rotatable bonds is 4. The molecular formula is C16H20N2O3S. The van der Waals surface area contributed by atoms with E-state index >= 15 is 0 Å². The minimum absolute atomic E-state index is 0.395. The number of benzene rings is 1. The molecule has 0 spiro atoms. The average molecular weight is 320 g/mol. The molecule has 6 heteroatoms. The van der Waals surface area contributed by atoms with Crippen LogP contribution in [-0.2, 0) is 4.74 Å². The summed E-state index contributed by atoms with van der Waals surface area (Å²) >= 11 is 1.57. The number of carbonyl (C=O) groups excluding carboxylic acids is 1. The summed E-state index contributed by atoms with van der Waals surface area (Å²) in [4.78, 5) is 16.4. The van der Waals surface area contributed by atoms with Gasteiger partial charge in [0.2, 0.25) is 0 Å². The van der Waals surface area contributed by atoms with Crippen molar-refractivity contribution in [2.24, 2.45) is 0 Å². The van der Waals surface area contributed by atoms with Gasteiger partial charge in [0.05, 0.1) is 24.4 Å². The molecule has 118 valence electrons. The smallest absolute Gasteiger partial charge is 0.341 e. The maximum absolute atomic E-state index is 11.8. The van der Waals surface area contributed by atoms with E-state index in [9.17, 15) is 4.79 Å². The molecule has 22 heavy (non-hydrogen) atoms. The normalized spacial score (nSPS) is 15.7. The zero-order valence-corrected chi connectivity index (χ0v) is 13.7. The van der Waals surface area contributed by atoms with Gasteiger partial charge in [0.25, 0.3) is 0 Å². The third kappa shape index (κ3) is 3.02. The lowest BCUT2D eigenvalue weighted by Crippen LogP contribution is -2.21. The first-order chi connectivity index (χ1) is 10.7. The predicted octanol–water partition coefficient (Wildman–Crippen LogP) is 3.84. The zero-order valence-electron chi connectivity index (χ0n) is 12.8. The summed E-state index contributed by atoms with van der Waals surface area (Å²) in [6, 6.07) is 4.10. The topological polar surface area (TPSA) is 60.5 Å².